The first kappa shape index (κ1) is 19.0. The van der Waals surface area contributed by atoms with Gasteiger partial charge in [-0.2, -0.15) is 5.10 Å². The average Bonchev–Trinajstić information content (AvgIpc) is 3.24. The van der Waals surface area contributed by atoms with Crippen LogP contribution in [0.1, 0.15) is 16.8 Å². The highest BCUT2D eigenvalue weighted by Gasteiger charge is 2.27. The fourth-order valence-electron chi connectivity index (χ4n) is 4.08. The quantitative estimate of drug-likeness (QED) is 0.456. The highest BCUT2D eigenvalue weighted by Crippen LogP contribution is 2.34. The number of benzene rings is 2. The first-order valence-corrected chi connectivity index (χ1v) is 10.3. The summed E-state index contributed by atoms with van der Waals surface area (Å²) in [6.45, 7) is 2.08. The van der Waals surface area contributed by atoms with Crippen molar-refractivity contribution in [2.75, 3.05) is 11.9 Å². The van der Waals surface area contributed by atoms with E-state index in [0.717, 1.165) is 41.3 Å². The fraction of sp³-hybridized carbons (Fsp3) is 0.217. The molecule has 0 bridgehead atoms. The van der Waals surface area contributed by atoms with Gasteiger partial charge in [-0.25, -0.2) is 4.39 Å². The molecule has 0 saturated carbocycles. The summed E-state index contributed by atoms with van der Waals surface area (Å²) in [4.78, 5) is 8.32. The Morgan fingerprint density at radius 2 is 2.00 bits per heavy atom. The smallest absolute Gasteiger partial charge is 0.201 e. The van der Waals surface area contributed by atoms with Gasteiger partial charge in [-0.1, -0.05) is 35.9 Å². The van der Waals surface area contributed by atoms with Gasteiger partial charge in [0.1, 0.15) is 5.82 Å². The fourth-order valence-corrected chi connectivity index (χ4v) is 4.33. The lowest BCUT2D eigenvalue weighted by Crippen LogP contribution is -2.26. The Balaban J connectivity index is 1.53. The summed E-state index contributed by atoms with van der Waals surface area (Å²) in [5.74, 6) is -0.231. The van der Waals surface area contributed by atoms with Gasteiger partial charge < -0.3 is 4.90 Å². The van der Waals surface area contributed by atoms with E-state index in [2.05, 4.69) is 23.0 Å². The van der Waals surface area contributed by atoms with Gasteiger partial charge in [-0.3, -0.25) is 14.6 Å². The van der Waals surface area contributed by atoms with Crippen LogP contribution in [0.25, 0.3) is 11.3 Å². The monoisotopic (exact) mass is 421 g/mol. The van der Waals surface area contributed by atoms with E-state index >= 15 is 0 Å². The zero-order valence-corrected chi connectivity index (χ0v) is 17.3. The molecule has 7 heteroatoms. The largest absolute Gasteiger partial charge is 0.313 e. The molecule has 2 aliphatic heterocycles. The molecule has 30 heavy (non-hydrogen) atoms. The van der Waals surface area contributed by atoms with Gasteiger partial charge in [0.15, 0.2) is 0 Å². The molecule has 0 amide bonds. The molecule has 5 rings (SSSR count). The number of hydrogen-bond donors (Lipinski definition) is 0. The number of anilines is 1. The Morgan fingerprint density at radius 3 is 2.83 bits per heavy atom. The lowest BCUT2D eigenvalue weighted by molar-refractivity contribution is 0.346. The van der Waals surface area contributed by atoms with E-state index in [1.807, 2.05) is 52.2 Å². The lowest BCUT2D eigenvalue weighted by Gasteiger charge is -2.25. The van der Waals surface area contributed by atoms with Crippen molar-refractivity contribution in [3.63, 3.8) is 0 Å². The Bertz CT molecular complexity index is 1150. The third-order valence-corrected chi connectivity index (χ3v) is 5.75. The van der Waals surface area contributed by atoms with Crippen LogP contribution >= 0.6 is 11.6 Å². The van der Waals surface area contributed by atoms with Gasteiger partial charge in [-0.05, 0) is 43.0 Å². The van der Waals surface area contributed by atoms with Crippen molar-refractivity contribution in [3.05, 3.63) is 83.4 Å². The molecule has 3 heterocycles. The number of hydrogen-bond acceptors (Lipinski definition) is 4. The molecule has 0 radical (unpaired) electrons. The summed E-state index contributed by atoms with van der Waals surface area (Å²) in [7, 11) is 2.05. The molecule has 0 fully saturated rings. The van der Waals surface area contributed by atoms with Gasteiger partial charge in [0.2, 0.25) is 5.62 Å². The summed E-state index contributed by atoms with van der Waals surface area (Å²) >= 11 is 6.33. The van der Waals surface area contributed by atoms with E-state index in [4.69, 9.17) is 16.7 Å². The number of halogens is 2. The number of aromatic nitrogens is 2. The van der Waals surface area contributed by atoms with Crippen LogP contribution < -0.4 is 4.90 Å². The van der Waals surface area contributed by atoms with Crippen LogP contribution in [0.3, 0.4) is 0 Å². The van der Waals surface area contributed by atoms with Gasteiger partial charge in [0, 0.05) is 42.3 Å². The van der Waals surface area contributed by atoms with Crippen molar-refractivity contribution in [1.82, 2.24) is 14.7 Å². The van der Waals surface area contributed by atoms with Crippen molar-refractivity contribution < 1.29 is 4.39 Å². The molecule has 1 aromatic heterocycles. The van der Waals surface area contributed by atoms with E-state index in [9.17, 15) is 4.39 Å². The first-order chi connectivity index (χ1) is 14.6. The summed E-state index contributed by atoms with van der Waals surface area (Å²) in [6, 6.07) is 15.0. The van der Waals surface area contributed by atoms with Crippen LogP contribution in [0.5, 0.6) is 0 Å². The molecule has 0 spiro atoms. The van der Waals surface area contributed by atoms with Crippen molar-refractivity contribution >= 4 is 23.5 Å². The molecule has 152 valence electrons. The lowest BCUT2D eigenvalue weighted by atomic mass is 10.1. The third kappa shape index (κ3) is 3.42. The van der Waals surface area contributed by atoms with E-state index in [0.29, 0.717) is 12.1 Å². The van der Waals surface area contributed by atoms with Crippen LogP contribution in [0.2, 0.25) is 0 Å². The Hall–Kier alpha value is -2.96. The number of nitrogens with zero attached hydrogens (tertiary/aromatic N) is 5. The summed E-state index contributed by atoms with van der Waals surface area (Å²) < 4.78 is 16.6. The molecule has 0 N–H and O–H groups in total. The third-order valence-electron chi connectivity index (χ3n) is 5.42. The van der Waals surface area contributed by atoms with Crippen LogP contribution in [0, 0.1) is 5.82 Å². The Kier molecular flexibility index (Phi) is 4.89. The molecule has 2 aromatic carbocycles. The van der Waals surface area contributed by atoms with Crippen LogP contribution in [-0.2, 0) is 19.6 Å². The predicted molar refractivity (Wildman–Crippen MR) is 118 cm³/mol. The van der Waals surface area contributed by atoms with Gasteiger partial charge in [0.05, 0.1) is 17.9 Å². The zero-order chi connectivity index (χ0) is 20.7. The highest BCUT2D eigenvalue weighted by atomic mass is 35.5. The molecule has 3 aromatic rings. The first-order valence-electron chi connectivity index (χ1n) is 9.83. The van der Waals surface area contributed by atoms with Gasteiger partial charge in [-0.15, -0.1) is 0 Å². The predicted octanol–water partition coefficient (Wildman–Crippen LogP) is 4.61. The van der Waals surface area contributed by atoms with Crippen LogP contribution in [-0.4, -0.2) is 33.6 Å². The molecular weight excluding hydrogens is 401 g/mol. The maximum Gasteiger partial charge on any atom is 0.201 e. The second kappa shape index (κ2) is 7.70. The maximum absolute atomic E-state index is 14.7. The standard InChI is InChI=1S/C23H21ClFN5/c1-28-14-19-21(15-28)27-30(22(19)18-8-2-3-9-20(18)25)13-16-6-4-7-17(12-16)29-11-5-10-26-23(29)24/h2-12,23H,13-15H2,1H3. The summed E-state index contributed by atoms with van der Waals surface area (Å²) in [5, 5.41) is 4.84. The summed E-state index contributed by atoms with van der Waals surface area (Å²) in [5.41, 5.74) is 5.11. The number of rotatable bonds is 4. The second-order valence-corrected chi connectivity index (χ2v) is 8.00. The molecule has 0 aliphatic carbocycles. The highest BCUT2D eigenvalue weighted by molar-refractivity contribution is 6.22. The number of alkyl halides is 1. The van der Waals surface area contributed by atoms with E-state index in [1.54, 1.807) is 12.3 Å². The average molecular weight is 422 g/mol. The minimum atomic E-state index is -0.469. The van der Waals surface area contributed by atoms with Crippen molar-refractivity contribution in [3.8, 4) is 11.3 Å². The zero-order valence-electron chi connectivity index (χ0n) is 16.5. The van der Waals surface area contributed by atoms with Crippen molar-refractivity contribution in [2.45, 2.75) is 25.3 Å². The molecule has 0 saturated heterocycles. The van der Waals surface area contributed by atoms with Crippen molar-refractivity contribution in [1.29, 1.82) is 0 Å². The molecular formula is C23H21ClFN5. The van der Waals surface area contributed by atoms with Crippen LogP contribution in [0.15, 0.2) is 65.8 Å². The van der Waals surface area contributed by atoms with Gasteiger partial charge in [0.25, 0.3) is 0 Å². The van der Waals surface area contributed by atoms with E-state index in [1.165, 1.54) is 6.07 Å². The minimum absolute atomic E-state index is 0.231. The van der Waals surface area contributed by atoms with E-state index in [-0.39, 0.29) is 5.82 Å². The molecule has 2 aliphatic rings. The molecule has 1 unspecified atom stereocenters. The number of fused-ring (bicyclic) bond motifs is 1. The van der Waals surface area contributed by atoms with Gasteiger partial charge >= 0.3 is 0 Å². The number of aliphatic imine (C=N–C) groups is 1. The minimum Gasteiger partial charge on any atom is -0.313 e. The van der Waals surface area contributed by atoms with Crippen molar-refractivity contribution in [2.24, 2.45) is 4.99 Å². The second-order valence-electron chi connectivity index (χ2n) is 7.61. The number of allylic oxidation sites excluding steroid dienone is 1. The normalized spacial score (nSPS) is 18.2. The Morgan fingerprint density at radius 1 is 1.13 bits per heavy atom. The maximum atomic E-state index is 14.7. The van der Waals surface area contributed by atoms with Crippen LogP contribution in [0.4, 0.5) is 10.1 Å². The Labute approximate surface area is 179 Å². The van der Waals surface area contributed by atoms with E-state index < -0.39 is 5.62 Å². The molecule has 5 nitrogen and oxygen atoms in total. The molecule has 1 atom stereocenters. The SMILES string of the molecule is CN1Cc2nn(Cc3cccc(N4C=CC=NC4Cl)c3)c(-c3ccccc3F)c2C1. The topological polar surface area (TPSA) is 36.7 Å². The summed E-state index contributed by atoms with van der Waals surface area (Å²) in [6.07, 6.45) is 5.46.